The SMILES string of the molecule is COC(=O)C1CC1CC(C)c1ccc(OC(C)C)cc1. The smallest absolute Gasteiger partial charge is 0.308 e. The normalized spacial score (nSPS) is 22.4. The van der Waals surface area contributed by atoms with Gasteiger partial charge >= 0.3 is 5.97 Å². The van der Waals surface area contributed by atoms with E-state index in [1.807, 2.05) is 26.0 Å². The van der Waals surface area contributed by atoms with Gasteiger partial charge in [-0.15, -0.1) is 0 Å². The van der Waals surface area contributed by atoms with E-state index >= 15 is 0 Å². The average molecular weight is 276 g/mol. The number of carbonyl (C=O) groups excluding carboxylic acids is 1. The Bertz CT molecular complexity index is 450. The van der Waals surface area contributed by atoms with Crippen LogP contribution < -0.4 is 4.74 Å². The summed E-state index contributed by atoms with van der Waals surface area (Å²) in [4.78, 5) is 11.4. The third-order valence-electron chi connectivity index (χ3n) is 3.90. The molecule has 1 saturated carbocycles. The van der Waals surface area contributed by atoms with Gasteiger partial charge in [-0.3, -0.25) is 4.79 Å². The Labute approximate surface area is 121 Å². The first-order valence-corrected chi connectivity index (χ1v) is 7.35. The van der Waals surface area contributed by atoms with Gasteiger partial charge in [0.25, 0.3) is 0 Å². The highest BCUT2D eigenvalue weighted by atomic mass is 16.5. The van der Waals surface area contributed by atoms with Crippen molar-refractivity contribution in [2.75, 3.05) is 7.11 Å². The molecule has 3 heteroatoms. The Morgan fingerprint density at radius 2 is 1.90 bits per heavy atom. The molecule has 110 valence electrons. The quantitative estimate of drug-likeness (QED) is 0.742. The minimum absolute atomic E-state index is 0.0529. The lowest BCUT2D eigenvalue weighted by atomic mass is 9.95. The van der Waals surface area contributed by atoms with Crippen molar-refractivity contribution >= 4 is 5.97 Å². The molecule has 0 aliphatic heterocycles. The number of benzene rings is 1. The van der Waals surface area contributed by atoms with Gasteiger partial charge in [0.1, 0.15) is 5.75 Å². The third kappa shape index (κ3) is 3.75. The number of rotatable bonds is 6. The number of ether oxygens (including phenoxy) is 2. The molecular formula is C17H24O3. The second-order valence-corrected chi connectivity index (χ2v) is 6.00. The third-order valence-corrected chi connectivity index (χ3v) is 3.90. The van der Waals surface area contributed by atoms with E-state index in [2.05, 4.69) is 19.1 Å². The Balaban J connectivity index is 1.87. The number of hydrogen-bond donors (Lipinski definition) is 0. The van der Waals surface area contributed by atoms with Crippen molar-refractivity contribution in [2.24, 2.45) is 11.8 Å². The highest BCUT2D eigenvalue weighted by Gasteiger charge is 2.44. The molecule has 1 fully saturated rings. The largest absolute Gasteiger partial charge is 0.491 e. The minimum atomic E-state index is -0.0529. The Morgan fingerprint density at radius 3 is 2.45 bits per heavy atom. The van der Waals surface area contributed by atoms with Crippen LogP contribution in [0.5, 0.6) is 5.75 Å². The Kier molecular flexibility index (Phi) is 4.69. The summed E-state index contributed by atoms with van der Waals surface area (Å²) < 4.78 is 10.4. The lowest BCUT2D eigenvalue weighted by molar-refractivity contribution is -0.142. The summed E-state index contributed by atoms with van der Waals surface area (Å²) in [6.45, 7) is 6.26. The van der Waals surface area contributed by atoms with E-state index in [0.717, 1.165) is 18.6 Å². The molecule has 1 aliphatic carbocycles. The van der Waals surface area contributed by atoms with E-state index in [-0.39, 0.29) is 18.0 Å². The highest BCUT2D eigenvalue weighted by Crippen LogP contribution is 2.45. The molecule has 1 aliphatic rings. The maximum Gasteiger partial charge on any atom is 0.308 e. The number of hydrogen-bond acceptors (Lipinski definition) is 3. The molecule has 2 rings (SSSR count). The van der Waals surface area contributed by atoms with Crippen molar-refractivity contribution in [3.8, 4) is 5.75 Å². The molecule has 0 amide bonds. The van der Waals surface area contributed by atoms with Crippen molar-refractivity contribution in [3.05, 3.63) is 29.8 Å². The molecule has 0 heterocycles. The average Bonchev–Trinajstić information content (AvgIpc) is 3.17. The van der Waals surface area contributed by atoms with Gasteiger partial charge in [0.2, 0.25) is 0 Å². The molecule has 1 aromatic rings. The fraction of sp³-hybridized carbons (Fsp3) is 0.588. The van der Waals surface area contributed by atoms with Crippen molar-refractivity contribution in [1.82, 2.24) is 0 Å². The lowest BCUT2D eigenvalue weighted by Crippen LogP contribution is -2.06. The molecule has 0 saturated heterocycles. The van der Waals surface area contributed by atoms with Crippen LogP contribution in [0.1, 0.15) is 45.1 Å². The van der Waals surface area contributed by atoms with Crippen molar-refractivity contribution in [1.29, 1.82) is 0 Å². The van der Waals surface area contributed by atoms with Gasteiger partial charge < -0.3 is 9.47 Å². The summed E-state index contributed by atoms with van der Waals surface area (Å²) in [6, 6.07) is 8.29. The van der Waals surface area contributed by atoms with Crippen LogP contribution in [0.25, 0.3) is 0 Å². The predicted molar refractivity (Wildman–Crippen MR) is 78.9 cm³/mol. The van der Waals surface area contributed by atoms with Crippen LogP contribution in [0.15, 0.2) is 24.3 Å². The van der Waals surface area contributed by atoms with Crippen LogP contribution in [0.3, 0.4) is 0 Å². The molecule has 3 unspecified atom stereocenters. The van der Waals surface area contributed by atoms with Gasteiger partial charge in [-0.2, -0.15) is 0 Å². The van der Waals surface area contributed by atoms with Crippen LogP contribution in [-0.4, -0.2) is 19.2 Å². The fourth-order valence-corrected chi connectivity index (χ4v) is 2.69. The monoisotopic (exact) mass is 276 g/mol. The van der Waals surface area contributed by atoms with Gasteiger partial charge in [-0.05, 0) is 56.2 Å². The van der Waals surface area contributed by atoms with E-state index in [0.29, 0.717) is 11.8 Å². The molecule has 0 N–H and O–H groups in total. The van der Waals surface area contributed by atoms with Gasteiger partial charge in [0, 0.05) is 0 Å². The molecule has 0 aromatic heterocycles. The van der Waals surface area contributed by atoms with E-state index in [9.17, 15) is 4.79 Å². The Morgan fingerprint density at radius 1 is 1.25 bits per heavy atom. The topological polar surface area (TPSA) is 35.5 Å². The standard InChI is InChI=1S/C17H24O3/c1-11(2)20-15-7-5-13(6-8-15)12(3)9-14-10-16(14)17(18)19-4/h5-8,11-12,14,16H,9-10H2,1-4H3. The molecule has 0 radical (unpaired) electrons. The zero-order valence-electron chi connectivity index (χ0n) is 12.8. The highest BCUT2D eigenvalue weighted by molar-refractivity contribution is 5.75. The van der Waals surface area contributed by atoms with Crippen molar-refractivity contribution in [2.45, 2.75) is 45.6 Å². The van der Waals surface area contributed by atoms with Crippen LogP contribution >= 0.6 is 0 Å². The lowest BCUT2D eigenvalue weighted by Gasteiger charge is -2.14. The maximum absolute atomic E-state index is 11.4. The summed E-state index contributed by atoms with van der Waals surface area (Å²) >= 11 is 0. The van der Waals surface area contributed by atoms with Gasteiger partial charge in [0.15, 0.2) is 0 Å². The van der Waals surface area contributed by atoms with Gasteiger partial charge in [0.05, 0.1) is 19.1 Å². The van der Waals surface area contributed by atoms with Crippen molar-refractivity contribution in [3.63, 3.8) is 0 Å². The van der Waals surface area contributed by atoms with Crippen LogP contribution in [0.4, 0.5) is 0 Å². The van der Waals surface area contributed by atoms with Gasteiger partial charge in [-0.1, -0.05) is 19.1 Å². The van der Waals surface area contributed by atoms with Crippen LogP contribution in [0, 0.1) is 11.8 Å². The van der Waals surface area contributed by atoms with E-state index in [1.165, 1.54) is 12.7 Å². The molecule has 3 atom stereocenters. The zero-order chi connectivity index (χ0) is 14.7. The summed E-state index contributed by atoms with van der Waals surface area (Å²) in [7, 11) is 1.47. The maximum atomic E-state index is 11.4. The van der Waals surface area contributed by atoms with Gasteiger partial charge in [-0.25, -0.2) is 0 Å². The van der Waals surface area contributed by atoms with E-state index < -0.39 is 0 Å². The minimum Gasteiger partial charge on any atom is -0.491 e. The number of methoxy groups -OCH3 is 1. The predicted octanol–water partition coefficient (Wildman–Crippen LogP) is 3.78. The zero-order valence-corrected chi connectivity index (χ0v) is 12.8. The van der Waals surface area contributed by atoms with Crippen molar-refractivity contribution < 1.29 is 14.3 Å². The van der Waals surface area contributed by atoms with Crippen LogP contribution in [-0.2, 0) is 9.53 Å². The first kappa shape index (κ1) is 14.9. The number of carbonyl (C=O) groups is 1. The summed E-state index contributed by atoms with van der Waals surface area (Å²) in [5.41, 5.74) is 1.30. The van der Waals surface area contributed by atoms with E-state index in [4.69, 9.17) is 9.47 Å². The molecule has 3 nitrogen and oxygen atoms in total. The second-order valence-electron chi connectivity index (χ2n) is 6.00. The Hall–Kier alpha value is -1.51. The first-order valence-electron chi connectivity index (χ1n) is 7.35. The molecule has 1 aromatic carbocycles. The summed E-state index contributed by atoms with van der Waals surface area (Å²) in [6.07, 6.45) is 2.22. The molecular weight excluding hydrogens is 252 g/mol. The fourth-order valence-electron chi connectivity index (χ4n) is 2.69. The molecule has 0 spiro atoms. The second kappa shape index (κ2) is 6.29. The molecule has 20 heavy (non-hydrogen) atoms. The number of esters is 1. The first-order chi connectivity index (χ1) is 9.51. The summed E-state index contributed by atoms with van der Waals surface area (Å²) in [5, 5.41) is 0. The molecule has 0 bridgehead atoms. The van der Waals surface area contributed by atoms with Crippen LogP contribution in [0.2, 0.25) is 0 Å². The summed E-state index contributed by atoms with van der Waals surface area (Å²) in [5.74, 6) is 1.94. The van der Waals surface area contributed by atoms with E-state index in [1.54, 1.807) is 0 Å².